The van der Waals surface area contributed by atoms with Crippen LogP contribution in [0.25, 0.3) is 0 Å². The zero-order valence-corrected chi connectivity index (χ0v) is 15.0. The molecule has 0 atom stereocenters. The van der Waals surface area contributed by atoms with Crippen LogP contribution < -0.4 is 0 Å². The molecule has 23 heavy (non-hydrogen) atoms. The average molecular weight is 351 g/mol. The monoisotopic (exact) mass is 350 g/mol. The number of hydrogen-bond acceptors (Lipinski definition) is 4. The second-order valence-electron chi connectivity index (χ2n) is 5.79. The number of halogens is 1. The molecular weight excluding hydrogens is 332 g/mol. The van der Waals surface area contributed by atoms with E-state index in [9.17, 15) is 9.90 Å². The van der Waals surface area contributed by atoms with Crippen molar-refractivity contribution in [2.75, 3.05) is 5.75 Å². The SMILES string of the molecule is CCSc1c(Cl)ccc(C(=O)c2c(C3CC3)nn(C)c2O)c1C. The van der Waals surface area contributed by atoms with Crippen LogP contribution in [0, 0.1) is 6.92 Å². The highest BCUT2D eigenvalue weighted by Crippen LogP contribution is 2.44. The molecule has 0 radical (unpaired) electrons. The molecule has 2 aromatic rings. The summed E-state index contributed by atoms with van der Waals surface area (Å²) in [5, 5.41) is 15.3. The van der Waals surface area contributed by atoms with Crippen molar-refractivity contribution >= 4 is 29.1 Å². The Hall–Kier alpha value is -1.46. The van der Waals surface area contributed by atoms with Crippen molar-refractivity contribution in [1.82, 2.24) is 9.78 Å². The average Bonchev–Trinajstić information content (AvgIpc) is 3.30. The molecule has 1 saturated carbocycles. The maximum absolute atomic E-state index is 13.1. The van der Waals surface area contributed by atoms with E-state index in [1.54, 1.807) is 30.9 Å². The maximum atomic E-state index is 13.1. The molecule has 122 valence electrons. The molecule has 1 N–H and O–H groups in total. The van der Waals surface area contributed by atoms with Gasteiger partial charge in [-0.1, -0.05) is 18.5 Å². The number of hydrogen-bond donors (Lipinski definition) is 1. The van der Waals surface area contributed by atoms with Crippen molar-refractivity contribution in [3.05, 3.63) is 39.5 Å². The third-order valence-electron chi connectivity index (χ3n) is 4.13. The lowest BCUT2D eigenvalue weighted by Gasteiger charge is -2.12. The minimum Gasteiger partial charge on any atom is -0.493 e. The summed E-state index contributed by atoms with van der Waals surface area (Å²) in [4.78, 5) is 14.0. The van der Waals surface area contributed by atoms with Gasteiger partial charge in [0.25, 0.3) is 0 Å². The molecule has 3 rings (SSSR count). The van der Waals surface area contributed by atoms with Gasteiger partial charge in [-0.3, -0.25) is 4.79 Å². The minimum atomic E-state index is -0.176. The highest BCUT2D eigenvalue weighted by atomic mass is 35.5. The Morgan fingerprint density at radius 2 is 2.17 bits per heavy atom. The number of aryl methyl sites for hydroxylation is 1. The van der Waals surface area contributed by atoms with E-state index in [0.717, 1.165) is 29.1 Å². The Kier molecular flexibility index (Phi) is 4.43. The zero-order chi connectivity index (χ0) is 16.7. The topological polar surface area (TPSA) is 55.1 Å². The molecule has 1 aromatic carbocycles. The molecule has 1 aromatic heterocycles. The molecule has 1 fully saturated rings. The van der Waals surface area contributed by atoms with Crippen LogP contribution in [-0.4, -0.2) is 26.4 Å². The number of carbonyl (C=O) groups is 1. The van der Waals surface area contributed by atoms with E-state index in [1.807, 2.05) is 13.8 Å². The molecule has 0 spiro atoms. The van der Waals surface area contributed by atoms with Crippen molar-refractivity contribution in [2.24, 2.45) is 7.05 Å². The molecule has 0 amide bonds. The lowest BCUT2D eigenvalue weighted by Crippen LogP contribution is -2.07. The lowest BCUT2D eigenvalue weighted by molar-refractivity contribution is 0.103. The van der Waals surface area contributed by atoms with Crippen molar-refractivity contribution in [1.29, 1.82) is 0 Å². The van der Waals surface area contributed by atoms with Gasteiger partial charge in [-0.2, -0.15) is 5.10 Å². The van der Waals surface area contributed by atoms with E-state index >= 15 is 0 Å². The third kappa shape index (κ3) is 2.88. The fourth-order valence-electron chi connectivity index (χ4n) is 2.76. The van der Waals surface area contributed by atoms with Gasteiger partial charge in [-0.25, -0.2) is 4.68 Å². The van der Waals surface area contributed by atoms with E-state index in [-0.39, 0.29) is 17.6 Å². The number of thioether (sulfide) groups is 1. The van der Waals surface area contributed by atoms with Crippen LogP contribution in [0.3, 0.4) is 0 Å². The summed E-state index contributed by atoms with van der Waals surface area (Å²) >= 11 is 7.88. The Bertz CT molecular complexity index is 781. The molecule has 1 heterocycles. The molecule has 4 nitrogen and oxygen atoms in total. The van der Waals surface area contributed by atoms with Crippen molar-refractivity contribution < 1.29 is 9.90 Å². The number of aromatic nitrogens is 2. The summed E-state index contributed by atoms with van der Waals surface area (Å²) in [6.07, 6.45) is 2.04. The molecule has 0 unspecified atom stereocenters. The van der Waals surface area contributed by atoms with Gasteiger partial charge in [-0.05, 0) is 43.2 Å². The van der Waals surface area contributed by atoms with Crippen LogP contribution in [0.2, 0.25) is 5.02 Å². The Balaban J connectivity index is 2.10. The van der Waals surface area contributed by atoms with E-state index in [0.29, 0.717) is 21.8 Å². The van der Waals surface area contributed by atoms with Crippen LogP contribution in [0.1, 0.15) is 52.9 Å². The first kappa shape index (κ1) is 16.4. The second kappa shape index (κ2) is 6.21. The number of carbonyl (C=O) groups excluding carboxylic acids is 1. The van der Waals surface area contributed by atoms with Gasteiger partial charge in [0.15, 0.2) is 0 Å². The molecular formula is C17H19ClN2O2S. The predicted molar refractivity (Wildman–Crippen MR) is 92.9 cm³/mol. The largest absolute Gasteiger partial charge is 0.493 e. The summed E-state index contributed by atoms with van der Waals surface area (Å²) in [5.74, 6) is 0.933. The smallest absolute Gasteiger partial charge is 0.220 e. The van der Waals surface area contributed by atoms with Gasteiger partial charge < -0.3 is 5.11 Å². The second-order valence-corrected chi connectivity index (χ2v) is 7.47. The first-order valence-electron chi connectivity index (χ1n) is 7.68. The highest BCUT2D eigenvalue weighted by Gasteiger charge is 2.35. The Morgan fingerprint density at radius 1 is 1.48 bits per heavy atom. The summed E-state index contributed by atoms with van der Waals surface area (Å²) in [5.41, 5.74) is 2.50. The van der Waals surface area contributed by atoms with E-state index in [2.05, 4.69) is 5.10 Å². The summed E-state index contributed by atoms with van der Waals surface area (Å²) in [6, 6.07) is 3.49. The van der Waals surface area contributed by atoms with Gasteiger partial charge in [0.1, 0.15) is 5.56 Å². The number of ketones is 1. The fraction of sp³-hybridized carbons (Fsp3) is 0.412. The molecule has 0 bridgehead atoms. The van der Waals surface area contributed by atoms with E-state index in [1.165, 1.54) is 4.68 Å². The van der Waals surface area contributed by atoms with Crippen LogP contribution in [-0.2, 0) is 7.05 Å². The molecule has 0 saturated heterocycles. The Labute approximate surface area is 144 Å². The van der Waals surface area contributed by atoms with Gasteiger partial charge in [0.2, 0.25) is 11.7 Å². The number of rotatable bonds is 5. The third-order valence-corrected chi connectivity index (χ3v) is 5.66. The first-order valence-corrected chi connectivity index (χ1v) is 9.04. The highest BCUT2D eigenvalue weighted by molar-refractivity contribution is 7.99. The number of benzene rings is 1. The quantitative estimate of drug-likeness (QED) is 0.645. The number of nitrogens with zero attached hydrogens (tertiary/aromatic N) is 2. The van der Waals surface area contributed by atoms with Crippen LogP contribution >= 0.6 is 23.4 Å². The maximum Gasteiger partial charge on any atom is 0.220 e. The molecule has 1 aliphatic carbocycles. The van der Waals surface area contributed by atoms with Crippen LogP contribution in [0.15, 0.2) is 17.0 Å². The van der Waals surface area contributed by atoms with Crippen LogP contribution in [0.4, 0.5) is 0 Å². The van der Waals surface area contributed by atoms with Crippen molar-refractivity contribution in [3.8, 4) is 5.88 Å². The first-order chi connectivity index (χ1) is 11.0. The number of aromatic hydroxyl groups is 1. The zero-order valence-electron chi connectivity index (χ0n) is 13.4. The van der Waals surface area contributed by atoms with Gasteiger partial charge >= 0.3 is 0 Å². The van der Waals surface area contributed by atoms with E-state index in [4.69, 9.17) is 11.6 Å². The minimum absolute atomic E-state index is 0.0593. The lowest BCUT2D eigenvalue weighted by atomic mass is 9.98. The summed E-state index contributed by atoms with van der Waals surface area (Å²) in [6.45, 7) is 3.95. The predicted octanol–water partition coefficient (Wildman–Crippen LogP) is 4.31. The van der Waals surface area contributed by atoms with Crippen molar-refractivity contribution in [3.63, 3.8) is 0 Å². The fourth-order valence-corrected chi connectivity index (χ4v) is 3.95. The molecule has 1 aliphatic rings. The molecule has 0 aliphatic heterocycles. The standard InChI is InChI=1S/C17H19ClN2O2S/c1-4-23-16-9(2)11(7-8-12(16)18)15(21)13-14(10-5-6-10)19-20(3)17(13)22/h7-8,10,22H,4-6H2,1-3H3. The van der Waals surface area contributed by atoms with Gasteiger partial charge in [0.05, 0.1) is 10.7 Å². The molecule has 6 heteroatoms. The van der Waals surface area contributed by atoms with E-state index < -0.39 is 0 Å². The summed E-state index contributed by atoms with van der Waals surface area (Å²) in [7, 11) is 1.66. The van der Waals surface area contributed by atoms with Crippen molar-refractivity contribution in [2.45, 2.75) is 37.5 Å². The van der Waals surface area contributed by atoms with Gasteiger partial charge in [0, 0.05) is 23.4 Å². The summed E-state index contributed by atoms with van der Waals surface area (Å²) < 4.78 is 1.38. The van der Waals surface area contributed by atoms with Gasteiger partial charge in [-0.15, -0.1) is 11.8 Å². The van der Waals surface area contributed by atoms with Crippen LogP contribution in [0.5, 0.6) is 5.88 Å². The normalized spacial score (nSPS) is 14.3. The Morgan fingerprint density at radius 3 is 2.78 bits per heavy atom.